The summed E-state index contributed by atoms with van der Waals surface area (Å²) in [7, 11) is 1.74. The van der Waals surface area contributed by atoms with Crippen LogP contribution in [0.2, 0.25) is 0 Å². The maximum Gasteiger partial charge on any atom is 0.272 e. The van der Waals surface area contributed by atoms with E-state index in [9.17, 15) is 9.90 Å². The van der Waals surface area contributed by atoms with E-state index in [-0.39, 0.29) is 11.8 Å². The first-order chi connectivity index (χ1) is 9.88. The number of nitrogens with zero attached hydrogens (tertiary/aromatic N) is 2. The molecular weight excluding hydrogens is 264 g/mol. The van der Waals surface area contributed by atoms with Gasteiger partial charge in [0.15, 0.2) is 0 Å². The molecule has 0 aromatic heterocycles. The predicted octanol–water partition coefficient (Wildman–Crippen LogP) is 2.31. The first-order valence-corrected chi connectivity index (χ1v) is 6.94. The number of allylic oxidation sites excluding steroid dienone is 2. The van der Waals surface area contributed by atoms with Gasteiger partial charge in [0.1, 0.15) is 5.71 Å². The van der Waals surface area contributed by atoms with Crippen molar-refractivity contribution in [3.05, 3.63) is 53.9 Å². The monoisotopic (exact) mass is 282 g/mol. The predicted molar refractivity (Wildman–Crippen MR) is 82.5 cm³/mol. The molecule has 1 unspecified atom stereocenters. The Morgan fingerprint density at radius 1 is 1.24 bits per heavy atom. The largest absolute Gasteiger partial charge is 0.386 e. The van der Waals surface area contributed by atoms with E-state index in [1.807, 2.05) is 36.5 Å². The Kier molecular flexibility index (Phi) is 3.06. The number of carbonyl (C=O) groups excluding carboxylic acids is 1. The zero-order chi connectivity index (χ0) is 15.2. The van der Waals surface area contributed by atoms with Crippen molar-refractivity contribution in [2.45, 2.75) is 19.4 Å². The summed E-state index contributed by atoms with van der Waals surface area (Å²) in [5.41, 5.74) is 2.66. The van der Waals surface area contributed by atoms with Crippen molar-refractivity contribution in [2.75, 3.05) is 7.05 Å². The van der Waals surface area contributed by atoms with Crippen molar-refractivity contribution in [2.24, 2.45) is 10.9 Å². The highest BCUT2D eigenvalue weighted by molar-refractivity contribution is 6.44. The van der Waals surface area contributed by atoms with Crippen molar-refractivity contribution in [1.82, 2.24) is 4.90 Å². The lowest BCUT2D eigenvalue weighted by Crippen LogP contribution is -2.37. The topological polar surface area (TPSA) is 52.9 Å². The SMILES string of the molecule is CN1C=C(c2ccc(C(C)(C)O)cc2)C2C=CN=C2C1=O. The Morgan fingerprint density at radius 2 is 1.90 bits per heavy atom. The van der Waals surface area contributed by atoms with Gasteiger partial charge in [-0.15, -0.1) is 0 Å². The van der Waals surface area contributed by atoms with Gasteiger partial charge in [-0.1, -0.05) is 30.3 Å². The fourth-order valence-corrected chi connectivity index (χ4v) is 2.67. The van der Waals surface area contributed by atoms with Gasteiger partial charge < -0.3 is 10.0 Å². The van der Waals surface area contributed by atoms with Crippen LogP contribution in [0.4, 0.5) is 0 Å². The second-order valence-corrected chi connectivity index (χ2v) is 5.97. The summed E-state index contributed by atoms with van der Waals surface area (Å²) in [6, 6.07) is 7.79. The van der Waals surface area contributed by atoms with Gasteiger partial charge in [0.05, 0.1) is 11.5 Å². The van der Waals surface area contributed by atoms with Gasteiger partial charge in [-0.2, -0.15) is 0 Å². The molecular formula is C17H18N2O2. The number of rotatable bonds is 2. The van der Waals surface area contributed by atoms with Crippen molar-refractivity contribution in [3.63, 3.8) is 0 Å². The highest BCUT2D eigenvalue weighted by atomic mass is 16.3. The standard InChI is InChI=1S/C17H18N2O2/c1-17(2,21)12-6-4-11(5-7-12)14-10-19(3)16(20)15-13(14)8-9-18-15/h4-10,13,21H,1-3H3. The maximum absolute atomic E-state index is 12.0. The Balaban J connectivity index is 2.00. The quantitative estimate of drug-likeness (QED) is 0.905. The third kappa shape index (κ3) is 2.32. The minimum atomic E-state index is -0.855. The Hall–Kier alpha value is -2.20. The lowest BCUT2D eigenvalue weighted by atomic mass is 9.86. The van der Waals surface area contributed by atoms with E-state index in [1.165, 1.54) is 0 Å². The Bertz CT molecular complexity index is 676. The van der Waals surface area contributed by atoms with Crippen molar-refractivity contribution >= 4 is 17.2 Å². The molecule has 1 aromatic carbocycles. The lowest BCUT2D eigenvalue weighted by molar-refractivity contribution is -0.121. The molecule has 3 rings (SSSR count). The van der Waals surface area contributed by atoms with Gasteiger partial charge >= 0.3 is 0 Å². The van der Waals surface area contributed by atoms with E-state index >= 15 is 0 Å². The first-order valence-electron chi connectivity index (χ1n) is 6.94. The van der Waals surface area contributed by atoms with E-state index in [0.29, 0.717) is 5.71 Å². The molecule has 2 aliphatic rings. The van der Waals surface area contributed by atoms with Crippen LogP contribution in [0.15, 0.2) is 47.7 Å². The van der Waals surface area contributed by atoms with Crippen LogP contribution in [0.1, 0.15) is 25.0 Å². The molecule has 4 nitrogen and oxygen atoms in total. The molecule has 1 amide bonds. The third-order valence-electron chi connectivity index (χ3n) is 3.92. The second-order valence-electron chi connectivity index (χ2n) is 5.97. The average molecular weight is 282 g/mol. The van der Waals surface area contributed by atoms with Crippen LogP contribution in [-0.2, 0) is 10.4 Å². The van der Waals surface area contributed by atoms with E-state index in [0.717, 1.165) is 16.7 Å². The van der Waals surface area contributed by atoms with Crippen LogP contribution in [-0.4, -0.2) is 28.7 Å². The molecule has 1 aromatic rings. The molecule has 0 aliphatic carbocycles. The molecule has 0 bridgehead atoms. The highest BCUT2D eigenvalue weighted by Crippen LogP contribution is 2.33. The smallest absolute Gasteiger partial charge is 0.272 e. The van der Waals surface area contributed by atoms with Gasteiger partial charge in [-0.3, -0.25) is 9.79 Å². The zero-order valence-electron chi connectivity index (χ0n) is 12.4. The molecule has 1 N–H and O–H groups in total. The number of benzene rings is 1. The van der Waals surface area contributed by atoms with Crippen molar-refractivity contribution in [3.8, 4) is 0 Å². The highest BCUT2D eigenvalue weighted by Gasteiger charge is 2.33. The number of fused-ring (bicyclic) bond motifs is 1. The van der Waals surface area contributed by atoms with Crippen molar-refractivity contribution in [1.29, 1.82) is 0 Å². The summed E-state index contributed by atoms with van der Waals surface area (Å²) in [5.74, 6) is -0.122. The number of amides is 1. The van der Waals surface area contributed by atoms with E-state index in [1.54, 1.807) is 32.0 Å². The lowest BCUT2D eigenvalue weighted by Gasteiger charge is -2.27. The number of hydrogen-bond acceptors (Lipinski definition) is 3. The maximum atomic E-state index is 12.0. The van der Waals surface area contributed by atoms with Gasteiger partial charge in [0.25, 0.3) is 5.91 Å². The fraction of sp³-hybridized carbons (Fsp3) is 0.294. The second kappa shape index (κ2) is 4.67. The van der Waals surface area contributed by atoms with E-state index in [2.05, 4.69) is 4.99 Å². The van der Waals surface area contributed by atoms with Gasteiger partial charge in [-0.25, -0.2) is 0 Å². The normalized spacial score (nSPS) is 21.2. The molecule has 0 radical (unpaired) electrons. The molecule has 21 heavy (non-hydrogen) atoms. The summed E-state index contributed by atoms with van der Waals surface area (Å²) in [5, 5.41) is 10.0. The van der Waals surface area contributed by atoms with Crippen LogP contribution >= 0.6 is 0 Å². The van der Waals surface area contributed by atoms with Crippen LogP contribution in [0.3, 0.4) is 0 Å². The molecule has 1 atom stereocenters. The molecule has 0 saturated carbocycles. The molecule has 2 heterocycles. The van der Waals surface area contributed by atoms with Crippen LogP contribution < -0.4 is 0 Å². The molecule has 108 valence electrons. The fourth-order valence-electron chi connectivity index (χ4n) is 2.67. The van der Waals surface area contributed by atoms with Crippen LogP contribution in [0, 0.1) is 5.92 Å². The Morgan fingerprint density at radius 3 is 2.52 bits per heavy atom. The number of hydrogen-bond donors (Lipinski definition) is 1. The van der Waals surface area contributed by atoms with Crippen LogP contribution in [0.5, 0.6) is 0 Å². The molecule has 2 aliphatic heterocycles. The summed E-state index contributed by atoms with van der Waals surface area (Å²) >= 11 is 0. The van der Waals surface area contributed by atoms with Crippen LogP contribution in [0.25, 0.3) is 5.57 Å². The van der Waals surface area contributed by atoms with Gasteiger partial charge in [-0.05, 0) is 30.5 Å². The first kappa shape index (κ1) is 13.8. The minimum Gasteiger partial charge on any atom is -0.386 e. The number of aliphatic imine (C=N–C) groups is 1. The summed E-state index contributed by atoms with van der Waals surface area (Å²) in [6.07, 6.45) is 5.49. The summed E-state index contributed by atoms with van der Waals surface area (Å²) in [6.45, 7) is 3.53. The minimum absolute atomic E-state index is 0.0538. The number of carbonyl (C=O) groups is 1. The van der Waals surface area contributed by atoms with Crippen molar-refractivity contribution < 1.29 is 9.90 Å². The van der Waals surface area contributed by atoms with E-state index < -0.39 is 5.60 Å². The van der Waals surface area contributed by atoms with Gasteiger partial charge in [0, 0.05) is 19.4 Å². The number of aliphatic hydroxyl groups is 1. The van der Waals surface area contributed by atoms with Gasteiger partial charge in [0.2, 0.25) is 0 Å². The molecule has 0 fully saturated rings. The molecule has 4 heteroatoms. The average Bonchev–Trinajstić information content (AvgIpc) is 2.92. The van der Waals surface area contributed by atoms with E-state index in [4.69, 9.17) is 0 Å². The summed E-state index contributed by atoms with van der Waals surface area (Å²) in [4.78, 5) is 17.8. The zero-order valence-corrected chi connectivity index (χ0v) is 12.4. The molecule has 0 spiro atoms. The third-order valence-corrected chi connectivity index (χ3v) is 3.92. The Labute approximate surface area is 124 Å². The summed E-state index contributed by atoms with van der Waals surface area (Å²) < 4.78 is 0. The molecule has 0 saturated heterocycles.